The van der Waals surface area contributed by atoms with Gasteiger partial charge in [-0.2, -0.15) is 0 Å². The second kappa shape index (κ2) is 5.65. The number of rotatable bonds is 4. The normalized spacial score (nSPS) is 12.2. The van der Waals surface area contributed by atoms with E-state index in [4.69, 9.17) is 10.5 Å². The summed E-state index contributed by atoms with van der Waals surface area (Å²) in [7, 11) is 0. The van der Waals surface area contributed by atoms with Crippen LogP contribution in [0.15, 0.2) is 42.5 Å². The largest absolute Gasteiger partial charge is 0.487 e. The van der Waals surface area contributed by atoms with E-state index in [2.05, 4.69) is 4.98 Å². The zero-order valence-electron chi connectivity index (χ0n) is 10.8. The Kier molecular flexibility index (Phi) is 3.95. The van der Waals surface area contributed by atoms with Crippen molar-refractivity contribution in [3.05, 3.63) is 59.4 Å². The maximum Gasteiger partial charge on any atom is 0.130 e. The van der Waals surface area contributed by atoms with Crippen LogP contribution in [0.25, 0.3) is 0 Å². The molecule has 0 spiro atoms. The molecular formula is C15H18N2O. The molecular weight excluding hydrogens is 224 g/mol. The Labute approximate surface area is 108 Å². The minimum absolute atomic E-state index is 0.0191. The lowest BCUT2D eigenvalue weighted by Gasteiger charge is -2.10. The van der Waals surface area contributed by atoms with E-state index in [1.807, 2.05) is 56.3 Å². The number of nitrogens with zero attached hydrogens (tertiary/aromatic N) is 1. The molecule has 3 nitrogen and oxygen atoms in total. The average Bonchev–Trinajstić information content (AvgIpc) is 2.37. The molecule has 1 aromatic heterocycles. The maximum atomic E-state index is 5.84. The highest BCUT2D eigenvalue weighted by Crippen LogP contribution is 2.18. The van der Waals surface area contributed by atoms with Gasteiger partial charge in [0.25, 0.3) is 0 Å². The van der Waals surface area contributed by atoms with Gasteiger partial charge in [0, 0.05) is 11.7 Å². The lowest BCUT2D eigenvalue weighted by atomic mass is 10.1. The maximum absolute atomic E-state index is 5.84. The van der Waals surface area contributed by atoms with Crippen LogP contribution in [0.2, 0.25) is 0 Å². The highest BCUT2D eigenvalue weighted by atomic mass is 16.5. The van der Waals surface area contributed by atoms with E-state index in [1.54, 1.807) is 0 Å². The topological polar surface area (TPSA) is 48.1 Å². The van der Waals surface area contributed by atoms with Crippen LogP contribution in [0.5, 0.6) is 5.75 Å². The number of aryl methyl sites for hydroxylation is 1. The second-order valence-electron chi connectivity index (χ2n) is 4.42. The van der Waals surface area contributed by atoms with Gasteiger partial charge in [0.15, 0.2) is 0 Å². The van der Waals surface area contributed by atoms with Crippen molar-refractivity contribution in [3.63, 3.8) is 0 Å². The third-order valence-electron chi connectivity index (χ3n) is 2.72. The first-order chi connectivity index (χ1) is 8.65. The summed E-state index contributed by atoms with van der Waals surface area (Å²) >= 11 is 0. The molecule has 2 aromatic rings. The molecule has 0 amide bonds. The van der Waals surface area contributed by atoms with Crippen LogP contribution >= 0.6 is 0 Å². The molecule has 0 radical (unpaired) electrons. The highest BCUT2D eigenvalue weighted by Gasteiger charge is 2.02. The first-order valence-electron chi connectivity index (χ1n) is 6.06. The van der Waals surface area contributed by atoms with Crippen LogP contribution < -0.4 is 10.5 Å². The van der Waals surface area contributed by atoms with Crippen molar-refractivity contribution in [2.45, 2.75) is 26.5 Å². The zero-order valence-corrected chi connectivity index (χ0v) is 10.8. The van der Waals surface area contributed by atoms with Gasteiger partial charge in [-0.05, 0) is 43.7 Å². The summed E-state index contributed by atoms with van der Waals surface area (Å²) in [5.74, 6) is 0.827. The van der Waals surface area contributed by atoms with Gasteiger partial charge in [0.2, 0.25) is 0 Å². The van der Waals surface area contributed by atoms with E-state index in [0.29, 0.717) is 6.61 Å². The Balaban J connectivity index is 2.04. The standard InChI is InChI=1S/C15H18N2O/c1-11-5-3-7-14(17-11)10-18-15-8-4-6-13(9-15)12(2)16/h3-9,12H,10,16H2,1-2H3/t12-/m0/s1. The van der Waals surface area contributed by atoms with Crippen LogP contribution in [-0.4, -0.2) is 4.98 Å². The fourth-order valence-corrected chi connectivity index (χ4v) is 1.72. The van der Waals surface area contributed by atoms with Gasteiger partial charge >= 0.3 is 0 Å². The number of benzene rings is 1. The smallest absolute Gasteiger partial charge is 0.130 e. The fourth-order valence-electron chi connectivity index (χ4n) is 1.72. The first-order valence-corrected chi connectivity index (χ1v) is 6.06. The molecule has 1 aromatic carbocycles. The molecule has 2 N–H and O–H groups in total. The summed E-state index contributed by atoms with van der Waals surface area (Å²) in [6.07, 6.45) is 0. The Morgan fingerprint density at radius 1 is 1.22 bits per heavy atom. The molecule has 1 atom stereocenters. The summed E-state index contributed by atoms with van der Waals surface area (Å²) in [4.78, 5) is 4.40. The molecule has 1 heterocycles. The quantitative estimate of drug-likeness (QED) is 0.896. The predicted octanol–water partition coefficient (Wildman–Crippen LogP) is 2.99. The van der Waals surface area contributed by atoms with Gasteiger partial charge in [-0.1, -0.05) is 18.2 Å². The van der Waals surface area contributed by atoms with Crippen molar-refractivity contribution < 1.29 is 4.74 Å². The average molecular weight is 242 g/mol. The number of hydrogen-bond donors (Lipinski definition) is 1. The van der Waals surface area contributed by atoms with Crippen LogP contribution in [0.1, 0.15) is 29.9 Å². The zero-order chi connectivity index (χ0) is 13.0. The van der Waals surface area contributed by atoms with Gasteiger partial charge in [-0.15, -0.1) is 0 Å². The molecule has 0 aliphatic heterocycles. The molecule has 0 bridgehead atoms. The Morgan fingerprint density at radius 3 is 2.72 bits per heavy atom. The summed E-state index contributed by atoms with van der Waals surface area (Å²) in [6, 6.07) is 13.8. The van der Waals surface area contributed by atoms with Crippen molar-refractivity contribution >= 4 is 0 Å². The van der Waals surface area contributed by atoms with Crippen LogP contribution in [0.4, 0.5) is 0 Å². The van der Waals surface area contributed by atoms with Crippen LogP contribution in [0.3, 0.4) is 0 Å². The molecule has 2 rings (SSSR count). The lowest BCUT2D eigenvalue weighted by Crippen LogP contribution is -2.05. The minimum Gasteiger partial charge on any atom is -0.487 e. The minimum atomic E-state index is 0.0191. The molecule has 0 aliphatic rings. The molecule has 18 heavy (non-hydrogen) atoms. The highest BCUT2D eigenvalue weighted by molar-refractivity contribution is 5.30. The van der Waals surface area contributed by atoms with Crippen molar-refractivity contribution in [2.75, 3.05) is 0 Å². The molecule has 0 fully saturated rings. The second-order valence-corrected chi connectivity index (χ2v) is 4.42. The van der Waals surface area contributed by atoms with Gasteiger partial charge in [0.05, 0.1) is 5.69 Å². The molecule has 3 heteroatoms. The molecule has 0 saturated carbocycles. The first kappa shape index (κ1) is 12.6. The Hall–Kier alpha value is -1.87. The van der Waals surface area contributed by atoms with E-state index in [9.17, 15) is 0 Å². The van der Waals surface area contributed by atoms with Gasteiger partial charge in [-0.25, -0.2) is 0 Å². The van der Waals surface area contributed by atoms with E-state index >= 15 is 0 Å². The molecule has 0 unspecified atom stereocenters. The van der Waals surface area contributed by atoms with E-state index in [0.717, 1.165) is 22.7 Å². The van der Waals surface area contributed by atoms with E-state index in [1.165, 1.54) is 0 Å². The fraction of sp³-hybridized carbons (Fsp3) is 0.267. The van der Waals surface area contributed by atoms with Gasteiger partial charge in [-0.3, -0.25) is 4.98 Å². The Bertz CT molecular complexity index is 523. The summed E-state index contributed by atoms with van der Waals surface area (Å²) in [5.41, 5.74) is 8.85. The third kappa shape index (κ3) is 3.31. The van der Waals surface area contributed by atoms with Gasteiger partial charge in [0.1, 0.15) is 12.4 Å². The molecule has 0 aliphatic carbocycles. The molecule has 0 saturated heterocycles. The molecule has 94 valence electrons. The SMILES string of the molecule is Cc1cccc(COc2cccc([C@H](C)N)c2)n1. The monoisotopic (exact) mass is 242 g/mol. The number of hydrogen-bond acceptors (Lipinski definition) is 3. The van der Waals surface area contributed by atoms with Crippen molar-refractivity contribution in [1.29, 1.82) is 0 Å². The van der Waals surface area contributed by atoms with E-state index in [-0.39, 0.29) is 6.04 Å². The Morgan fingerprint density at radius 2 is 2.00 bits per heavy atom. The van der Waals surface area contributed by atoms with Crippen molar-refractivity contribution in [2.24, 2.45) is 5.73 Å². The van der Waals surface area contributed by atoms with Crippen LogP contribution in [0, 0.1) is 6.92 Å². The summed E-state index contributed by atoms with van der Waals surface area (Å²) in [6.45, 7) is 4.41. The van der Waals surface area contributed by atoms with Crippen molar-refractivity contribution in [1.82, 2.24) is 4.98 Å². The predicted molar refractivity (Wildman–Crippen MR) is 72.4 cm³/mol. The number of pyridine rings is 1. The van der Waals surface area contributed by atoms with E-state index < -0.39 is 0 Å². The number of ether oxygens (including phenoxy) is 1. The van der Waals surface area contributed by atoms with Crippen molar-refractivity contribution in [3.8, 4) is 5.75 Å². The van der Waals surface area contributed by atoms with Crippen LogP contribution in [-0.2, 0) is 6.61 Å². The van der Waals surface area contributed by atoms with Gasteiger partial charge < -0.3 is 10.5 Å². The number of nitrogens with two attached hydrogens (primary N) is 1. The number of aromatic nitrogens is 1. The third-order valence-corrected chi connectivity index (χ3v) is 2.72. The summed E-state index contributed by atoms with van der Waals surface area (Å²) in [5, 5.41) is 0. The lowest BCUT2D eigenvalue weighted by molar-refractivity contribution is 0.300. The summed E-state index contributed by atoms with van der Waals surface area (Å²) < 4.78 is 5.72.